The highest BCUT2D eigenvalue weighted by atomic mass is 19.4. The van der Waals surface area contributed by atoms with E-state index < -0.39 is 23.9 Å². The number of hydrogen-bond donors (Lipinski definition) is 0. The predicted octanol–water partition coefficient (Wildman–Crippen LogP) is 3.38. The van der Waals surface area contributed by atoms with Crippen molar-refractivity contribution in [2.24, 2.45) is 0 Å². The van der Waals surface area contributed by atoms with Gasteiger partial charge in [-0.15, -0.1) is 5.10 Å². The van der Waals surface area contributed by atoms with Gasteiger partial charge in [0.1, 0.15) is 6.04 Å². The molecule has 10 heteroatoms. The molecule has 1 fully saturated rings. The Labute approximate surface area is 156 Å². The van der Waals surface area contributed by atoms with Crippen molar-refractivity contribution in [2.45, 2.75) is 12.2 Å². The molecule has 1 saturated heterocycles. The monoisotopic (exact) mass is 384 g/mol. The number of fused-ring (bicyclic) bond motifs is 1. The first-order valence-corrected chi connectivity index (χ1v) is 8.13. The van der Waals surface area contributed by atoms with Gasteiger partial charge in [0.15, 0.2) is 5.69 Å². The molecule has 1 atom stereocenters. The van der Waals surface area contributed by atoms with Crippen molar-refractivity contribution < 1.29 is 18.0 Å². The van der Waals surface area contributed by atoms with E-state index in [1.807, 2.05) is 18.2 Å². The van der Waals surface area contributed by atoms with Crippen LogP contribution in [0.5, 0.6) is 0 Å². The van der Waals surface area contributed by atoms with Crippen LogP contribution in [0.2, 0.25) is 0 Å². The fourth-order valence-electron chi connectivity index (χ4n) is 3.12. The Kier molecular flexibility index (Phi) is 4.07. The van der Waals surface area contributed by atoms with Gasteiger partial charge >= 0.3 is 12.2 Å². The Morgan fingerprint density at radius 2 is 1.96 bits per heavy atom. The van der Waals surface area contributed by atoms with Gasteiger partial charge in [0, 0.05) is 17.0 Å². The van der Waals surface area contributed by atoms with Gasteiger partial charge < -0.3 is 0 Å². The van der Waals surface area contributed by atoms with Crippen LogP contribution in [0, 0.1) is 11.3 Å². The van der Waals surface area contributed by atoms with Crippen molar-refractivity contribution in [2.75, 3.05) is 16.3 Å². The summed E-state index contributed by atoms with van der Waals surface area (Å²) in [6, 6.07) is 8.43. The Bertz CT molecular complexity index is 1100. The van der Waals surface area contributed by atoms with E-state index >= 15 is 0 Å². The quantitative estimate of drug-likeness (QED) is 0.676. The molecular weight excluding hydrogens is 373 g/mol. The maximum atomic E-state index is 13.0. The van der Waals surface area contributed by atoms with Crippen molar-refractivity contribution in [3.8, 4) is 6.07 Å². The van der Waals surface area contributed by atoms with E-state index in [4.69, 9.17) is 0 Å². The van der Waals surface area contributed by atoms with Crippen molar-refractivity contribution in [1.29, 1.82) is 5.26 Å². The summed E-state index contributed by atoms with van der Waals surface area (Å²) in [6.45, 7) is -0.110. The SMILES string of the molecule is N#C[C@@H]1CN(c2cnnc(C(F)(F)F)c2)C(=O)N1c1cncc2ccccc12. The summed E-state index contributed by atoms with van der Waals surface area (Å²) >= 11 is 0. The molecule has 1 aliphatic rings. The number of alkyl halides is 3. The zero-order valence-electron chi connectivity index (χ0n) is 14.1. The summed E-state index contributed by atoms with van der Waals surface area (Å²) in [5.74, 6) is 0. The fraction of sp³-hybridized carbons (Fsp3) is 0.167. The average Bonchev–Trinajstić information content (AvgIpc) is 3.03. The van der Waals surface area contributed by atoms with Gasteiger partial charge in [-0.25, -0.2) is 4.79 Å². The van der Waals surface area contributed by atoms with Crippen molar-refractivity contribution in [1.82, 2.24) is 15.2 Å². The third-order valence-electron chi connectivity index (χ3n) is 4.40. The molecule has 4 rings (SSSR count). The van der Waals surface area contributed by atoms with Crippen LogP contribution in [0.25, 0.3) is 10.8 Å². The number of carbonyl (C=O) groups is 1. The maximum Gasteiger partial charge on any atom is 0.435 e. The number of hydrogen-bond acceptors (Lipinski definition) is 5. The van der Waals surface area contributed by atoms with Crippen LogP contribution < -0.4 is 9.80 Å². The summed E-state index contributed by atoms with van der Waals surface area (Å²) in [5, 5.41) is 17.4. The number of carbonyl (C=O) groups excluding carboxylic acids is 1. The van der Waals surface area contributed by atoms with Gasteiger partial charge in [-0.05, 0) is 6.07 Å². The van der Waals surface area contributed by atoms with E-state index in [2.05, 4.69) is 15.2 Å². The zero-order chi connectivity index (χ0) is 19.9. The molecule has 140 valence electrons. The lowest BCUT2D eigenvalue weighted by atomic mass is 10.1. The van der Waals surface area contributed by atoms with Crippen LogP contribution in [0.3, 0.4) is 0 Å². The molecule has 0 spiro atoms. The second kappa shape index (κ2) is 6.45. The molecule has 0 radical (unpaired) electrons. The van der Waals surface area contributed by atoms with Crippen LogP contribution in [0.15, 0.2) is 48.9 Å². The number of pyridine rings is 1. The molecule has 0 bridgehead atoms. The highest BCUT2D eigenvalue weighted by Gasteiger charge is 2.41. The zero-order valence-corrected chi connectivity index (χ0v) is 14.1. The molecule has 2 amide bonds. The standard InChI is InChI=1S/C18H11F3N6O/c19-18(20,21)16-5-12(8-24-25-16)26-10-13(6-22)27(17(26)28)15-9-23-7-11-3-1-2-4-14(11)15/h1-5,7-9,13H,10H2/t13-/m1/s1. The summed E-state index contributed by atoms with van der Waals surface area (Å²) in [7, 11) is 0. The molecule has 2 aromatic heterocycles. The van der Waals surface area contributed by atoms with Crippen LogP contribution in [-0.4, -0.2) is 33.8 Å². The third kappa shape index (κ3) is 2.87. The highest BCUT2D eigenvalue weighted by molar-refractivity contribution is 6.11. The molecule has 1 aliphatic heterocycles. The van der Waals surface area contributed by atoms with Crippen molar-refractivity contribution in [3.05, 3.63) is 54.6 Å². The minimum atomic E-state index is -4.69. The number of halogens is 3. The van der Waals surface area contributed by atoms with E-state index in [1.165, 1.54) is 11.1 Å². The summed E-state index contributed by atoms with van der Waals surface area (Å²) in [5.41, 5.74) is -0.880. The van der Waals surface area contributed by atoms with Crippen molar-refractivity contribution >= 4 is 28.2 Å². The van der Waals surface area contributed by atoms with E-state index in [0.717, 1.165) is 22.5 Å². The number of rotatable bonds is 2. The second-order valence-corrected chi connectivity index (χ2v) is 6.08. The normalized spacial score (nSPS) is 17.2. The number of aromatic nitrogens is 3. The van der Waals surface area contributed by atoms with Crippen LogP contribution in [0.4, 0.5) is 29.3 Å². The van der Waals surface area contributed by atoms with Gasteiger partial charge in [-0.3, -0.25) is 14.8 Å². The minimum absolute atomic E-state index is 0.0803. The number of benzene rings is 1. The molecule has 28 heavy (non-hydrogen) atoms. The van der Waals surface area contributed by atoms with Crippen LogP contribution >= 0.6 is 0 Å². The lowest BCUT2D eigenvalue weighted by Crippen LogP contribution is -2.34. The number of amides is 2. The van der Waals surface area contributed by atoms with Gasteiger partial charge in [0.05, 0.1) is 36.4 Å². The molecule has 0 unspecified atom stereocenters. The van der Waals surface area contributed by atoms with Gasteiger partial charge in [-0.2, -0.15) is 23.5 Å². The molecule has 1 aromatic carbocycles. The van der Waals surface area contributed by atoms with Gasteiger partial charge in [-0.1, -0.05) is 24.3 Å². The molecule has 0 N–H and O–H groups in total. The molecule has 3 aromatic rings. The largest absolute Gasteiger partial charge is 0.435 e. The first-order chi connectivity index (χ1) is 13.4. The maximum absolute atomic E-state index is 13.0. The number of nitriles is 1. The minimum Gasteiger partial charge on any atom is -0.289 e. The number of urea groups is 1. The van der Waals surface area contributed by atoms with Gasteiger partial charge in [0.25, 0.3) is 0 Å². The summed E-state index contributed by atoms with van der Waals surface area (Å²) in [6.07, 6.45) is -0.549. The molecule has 7 nitrogen and oxygen atoms in total. The second-order valence-electron chi connectivity index (χ2n) is 6.08. The van der Waals surface area contributed by atoms with E-state index in [1.54, 1.807) is 18.3 Å². The first-order valence-electron chi connectivity index (χ1n) is 8.13. The van der Waals surface area contributed by atoms with Gasteiger partial charge in [0.2, 0.25) is 0 Å². The topological polar surface area (TPSA) is 86.0 Å². The average molecular weight is 384 g/mol. The molecular formula is C18H11F3N6O. The lowest BCUT2D eigenvalue weighted by Gasteiger charge is -2.21. The summed E-state index contributed by atoms with van der Waals surface area (Å²) < 4.78 is 38.8. The van der Waals surface area contributed by atoms with E-state index in [9.17, 15) is 23.2 Å². The third-order valence-corrected chi connectivity index (χ3v) is 4.40. The smallest absolute Gasteiger partial charge is 0.289 e. The van der Waals surface area contributed by atoms with Crippen LogP contribution in [-0.2, 0) is 6.18 Å². The Balaban J connectivity index is 1.78. The molecule has 0 aliphatic carbocycles. The first kappa shape index (κ1) is 17.7. The van der Waals surface area contributed by atoms with Crippen LogP contribution in [0.1, 0.15) is 5.69 Å². The molecule has 3 heterocycles. The number of anilines is 2. The van der Waals surface area contributed by atoms with Crippen molar-refractivity contribution in [3.63, 3.8) is 0 Å². The Morgan fingerprint density at radius 3 is 2.71 bits per heavy atom. The van der Waals surface area contributed by atoms with E-state index in [0.29, 0.717) is 11.1 Å². The lowest BCUT2D eigenvalue weighted by molar-refractivity contribution is -0.141. The Hall–Kier alpha value is -3.74. The number of nitrogens with zero attached hydrogens (tertiary/aromatic N) is 6. The van der Waals surface area contributed by atoms with E-state index in [-0.39, 0.29) is 12.2 Å². The predicted molar refractivity (Wildman–Crippen MR) is 93.4 cm³/mol. The fourth-order valence-corrected chi connectivity index (χ4v) is 3.12. The summed E-state index contributed by atoms with van der Waals surface area (Å²) in [4.78, 5) is 19.5. The molecule has 0 saturated carbocycles. The highest BCUT2D eigenvalue weighted by Crippen LogP contribution is 2.34. The Morgan fingerprint density at radius 1 is 1.18 bits per heavy atom.